The lowest BCUT2D eigenvalue weighted by Gasteiger charge is -2.41. The maximum atomic E-state index is 5.55. The van der Waals surface area contributed by atoms with E-state index in [0.29, 0.717) is 12.0 Å². The number of hydrogen-bond donors (Lipinski definition) is 0. The van der Waals surface area contributed by atoms with E-state index in [4.69, 9.17) is 14.8 Å². The van der Waals surface area contributed by atoms with Gasteiger partial charge in [-0.2, -0.15) is 5.10 Å². The number of hydrogen-bond acceptors (Lipinski definition) is 5. The van der Waals surface area contributed by atoms with Gasteiger partial charge in [-0.15, -0.1) is 0 Å². The molecule has 1 saturated carbocycles. The van der Waals surface area contributed by atoms with E-state index in [2.05, 4.69) is 50.9 Å². The van der Waals surface area contributed by atoms with Crippen molar-refractivity contribution in [2.45, 2.75) is 44.1 Å². The van der Waals surface area contributed by atoms with E-state index in [1.54, 1.807) is 0 Å². The van der Waals surface area contributed by atoms with Crippen molar-refractivity contribution in [3.8, 4) is 5.69 Å². The molecule has 3 aliphatic rings. The summed E-state index contributed by atoms with van der Waals surface area (Å²) >= 11 is 0. The van der Waals surface area contributed by atoms with Crippen LogP contribution >= 0.6 is 0 Å². The number of nitrogens with zero attached hydrogens (tertiary/aromatic N) is 5. The largest absolute Gasteiger partial charge is 0.379 e. The van der Waals surface area contributed by atoms with E-state index in [0.717, 1.165) is 50.7 Å². The second kappa shape index (κ2) is 8.24. The minimum atomic E-state index is 0.571. The lowest BCUT2D eigenvalue weighted by Crippen LogP contribution is -2.49. The predicted molar refractivity (Wildman–Crippen MR) is 123 cm³/mol. The average Bonchev–Trinajstić information content (AvgIpc) is 3.19. The average molecular weight is 418 g/mol. The summed E-state index contributed by atoms with van der Waals surface area (Å²) in [4.78, 5) is 10.0. The number of fused-ring (bicyclic) bond motifs is 1. The van der Waals surface area contributed by atoms with Gasteiger partial charge < -0.3 is 9.64 Å². The van der Waals surface area contributed by atoms with Crippen LogP contribution in [0.1, 0.15) is 43.7 Å². The molecular formula is C25H31N5O. The number of para-hydroxylation sites is 1. The zero-order valence-corrected chi connectivity index (χ0v) is 18.1. The van der Waals surface area contributed by atoms with Crippen molar-refractivity contribution in [1.82, 2.24) is 19.7 Å². The van der Waals surface area contributed by atoms with Gasteiger partial charge in [0.05, 0.1) is 35.7 Å². The highest BCUT2D eigenvalue weighted by molar-refractivity contribution is 5.93. The van der Waals surface area contributed by atoms with Gasteiger partial charge in [0.15, 0.2) is 5.65 Å². The number of ether oxygens (including phenoxy) is 1. The number of piperidine rings is 1. The molecule has 6 nitrogen and oxygen atoms in total. The first-order valence-electron chi connectivity index (χ1n) is 11.9. The Morgan fingerprint density at radius 2 is 1.65 bits per heavy atom. The van der Waals surface area contributed by atoms with Gasteiger partial charge in [0.2, 0.25) is 0 Å². The van der Waals surface area contributed by atoms with Crippen LogP contribution in [0.25, 0.3) is 16.7 Å². The molecule has 0 radical (unpaired) electrons. The van der Waals surface area contributed by atoms with Gasteiger partial charge in [-0.05, 0) is 43.9 Å². The molecular weight excluding hydrogens is 386 g/mol. The minimum absolute atomic E-state index is 0.571. The molecule has 31 heavy (non-hydrogen) atoms. The van der Waals surface area contributed by atoms with Crippen molar-refractivity contribution >= 4 is 16.7 Å². The van der Waals surface area contributed by atoms with E-state index in [9.17, 15) is 0 Å². The third-order valence-corrected chi connectivity index (χ3v) is 7.43. The summed E-state index contributed by atoms with van der Waals surface area (Å²) in [5.41, 5.74) is 4.67. The lowest BCUT2D eigenvalue weighted by molar-refractivity contribution is 0.0115. The highest BCUT2D eigenvalue weighted by atomic mass is 16.5. The van der Waals surface area contributed by atoms with Gasteiger partial charge in [0, 0.05) is 44.3 Å². The first-order valence-corrected chi connectivity index (χ1v) is 11.9. The summed E-state index contributed by atoms with van der Waals surface area (Å²) in [5, 5.41) is 6.41. The topological polar surface area (TPSA) is 46.4 Å². The number of benzene rings is 1. The maximum Gasteiger partial charge on any atom is 0.165 e. The van der Waals surface area contributed by atoms with Crippen molar-refractivity contribution < 1.29 is 4.74 Å². The highest BCUT2D eigenvalue weighted by Crippen LogP contribution is 2.42. The number of pyridine rings is 1. The normalized spacial score (nSPS) is 21.5. The van der Waals surface area contributed by atoms with Crippen LogP contribution in [-0.4, -0.2) is 65.1 Å². The van der Waals surface area contributed by atoms with Crippen LogP contribution in [0.2, 0.25) is 0 Å². The summed E-state index contributed by atoms with van der Waals surface area (Å²) < 4.78 is 7.61. The molecule has 0 N–H and O–H groups in total. The Kier molecular flexibility index (Phi) is 5.12. The molecule has 4 heterocycles. The summed E-state index contributed by atoms with van der Waals surface area (Å²) in [6, 6.07) is 13.4. The summed E-state index contributed by atoms with van der Waals surface area (Å²) in [5.74, 6) is 0.571. The number of anilines is 1. The Labute approximate surface area is 183 Å². The lowest BCUT2D eigenvalue weighted by atomic mass is 9.82. The van der Waals surface area contributed by atoms with Crippen molar-refractivity contribution in [3.05, 3.63) is 48.3 Å². The van der Waals surface area contributed by atoms with E-state index < -0.39 is 0 Å². The van der Waals surface area contributed by atoms with Crippen LogP contribution in [0.5, 0.6) is 0 Å². The molecule has 0 bridgehead atoms. The Balaban J connectivity index is 1.34. The van der Waals surface area contributed by atoms with Gasteiger partial charge in [-0.1, -0.05) is 24.6 Å². The fourth-order valence-corrected chi connectivity index (χ4v) is 5.45. The zero-order valence-electron chi connectivity index (χ0n) is 18.1. The predicted octanol–water partition coefficient (Wildman–Crippen LogP) is 3.99. The molecule has 2 aliphatic heterocycles. The fraction of sp³-hybridized carbons (Fsp3) is 0.520. The number of morpholine rings is 1. The van der Waals surface area contributed by atoms with Crippen molar-refractivity contribution in [3.63, 3.8) is 0 Å². The van der Waals surface area contributed by atoms with Gasteiger partial charge in [0.25, 0.3) is 0 Å². The van der Waals surface area contributed by atoms with Crippen molar-refractivity contribution in [2.24, 2.45) is 0 Å². The van der Waals surface area contributed by atoms with Crippen LogP contribution in [0.3, 0.4) is 0 Å². The molecule has 2 saturated heterocycles. The maximum absolute atomic E-state index is 5.55. The summed E-state index contributed by atoms with van der Waals surface area (Å²) in [7, 11) is 0. The minimum Gasteiger partial charge on any atom is -0.379 e. The van der Waals surface area contributed by atoms with Crippen LogP contribution in [0.15, 0.2) is 42.6 Å². The quantitative estimate of drug-likeness (QED) is 0.642. The van der Waals surface area contributed by atoms with Crippen LogP contribution < -0.4 is 4.90 Å². The molecule has 0 spiro atoms. The number of rotatable bonds is 4. The van der Waals surface area contributed by atoms with Gasteiger partial charge >= 0.3 is 0 Å². The first kappa shape index (κ1) is 19.3. The Morgan fingerprint density at radius 3 is 2.35 bits per heavy atom. The van der Waals surface area contributed by atoms with E-state index in [-0.39, 0.29) is 0 Å². The molecule has 3 aromatic rings. The number of aromatic nitrogens is 3. The molecule has 0 atom stereocenters. The smallest absolute Gasteiger partial charge is 0.165 e. The highest BCUT2D eigenvalue weighted by Gasteiger charge is 2.31. The van der Waals surface area contributed by atoms with Crippen LogP contribution in [-0.2, 0) is 4.74 Å². The standard InChI is InChI=1S/C25H31N5O/c1-2-7-21(8-3-1)30-25-23(24(27-30)19-5-4-6-19)22(9-12-26-25)29-13-10-20(11-14-29)28-15-17-31-18-16-28/h1-3,7-9,12,19-20H,4-6,10-11,13-18H2. The Morgan fingerprint density at radius 1 is 0.871 bits per heavy atom. The van der Waals surface area contributed by atoms with Crippen molar-refractivity contribution in [1.29, 1.82) is 0 Å². The van der Waals surface area contributed by atoms with E-state index in [1.807, 2.05) is 6.20 Å². The van der Waals surface area contributed by atoms with Crippen LogP contribution in [0.4, 0.5) is 5.69 Å². The molecule has 0 amide bonds. The third-order valence-electron chi connectivity index (χ3n) is 7.43. The van der Waals surface area contributed by atoms with E-state index >= 15 is 0 Å². The second-order valence-electron chi connectivity index (χ2n) is 9.16. The molecule has 0 unspecified atom stereocenters. The molecule has 162 valence electrons. The molecule has 2 aromatic heterocycles. The SMILES string of the molecule is c1ccc(-n2nc(C3CCC3)c3c(N4CCC(N5CCOCC5)CC4)ccnc32)cc1. The molecule has 6 rings (SSSR count). The molecule has 6 heteroatoms. The van der Waals surface area contributed by atoms with Gasteiger partial charge in [-0.3, -0.25) is 4.90 Å². The Hall–Kier alpha value is -2.44. The summed E-state index contributed by atoms with van der Waals surface area (Å²) in [6.07, 6.45) is 8.20. The van der Waals surface area contributed by atoms with Gasteiger partial charge in [0.1, 0.15) is 0 Å². The van der Waals surface area contributed by atoms with Gasteiger partial charge in [-0.25, -0.2) is 9.67 Å². The molecule has 3 fully saturated rings. The third kappa shape index (κ3) is 3.52. The fourth-order valence-electron chi connectivity index (χ4n) is 5.45. The monoisotopic (exact) mass is 417 g/mol. The summed E-state index contributed by atoms with van der Waals surface area (Å²) in [6.45, 7) is 6.13. The molecule has 1 aromatic carbocycles. The molecule has 1 aliphatic carbocycles. The Bertz CT molecular complexity index is 1030. The zero-order chi connectivity index (χ0) is 20.6. The van der Waals surface area contributed by atoms with Crippen molar-refractivity contribution in [2.75, 3.05) is 44.3 Å². The van der Waals surface area contributed by atoms with Crippen LogP contribution in [0, 0.1) is 0 Å². The van der Waals surface area contributed by atoms with E-state index in [1.165, 1.54) is 48.9 Å². The second-order valence-corrected chi connectivity index (χ2v) is 9.16. The first-order chi connectivity index (χ1) is 15.4.